The van der Waals surface area contributed by atoms with Crippen LogP contribution in [0.3, 0.4) is 0 Å². The SMILES string of the molecule is N=c1nc(N2CCCCC2)c(Cc2ccccc2)c(N)n1O. The normalized spacial score (nSPS) is 15.0. The van der Waals surface area contributed by atoms with Crippen molar-refractivity contribution in [3.05, 3.63) is 47.1 Å². The average molecular weight is 299 g/mol. The summed E-state index contributed by atoms with van der Waals surface area (Å²) in [7, 11) is 0. The van der Waals surface area contributed by atoms with E-state index in [9.17, 15) is 5.21 Å². The fraction of sp³-hybridized carbons (Fsp3) is 0.375. The minimum absolute atomic E-state index is 0.199. The van der Waals surface area contributed by atoms with Crippen LogP contribution in [0.2, 0.25) is 0 Å². The number of aromatic nitrogens is 2. The van der Waals surface area contributed by atoms with Crippen LogP contribution in [0.25, 0.3) is 0 Å². The zero-order valence-corrected chi connectivity index (χ0v) is 12.5. The van der Waals surface area contributed by atoms with E-state index in [-0.39, 0.29) is 11.4 Å². The molecule has 22 heavy (non-hydrogen) atoms. The summed E-state index contributed by atoms with van der Waals surface area (Å²) in [6, 6.07) is 9.97. The van der Waals surface area contributed by atoms with E-state index in [4.69, 9.17) is 11.1 Å². The van der Waals surface area contributed by atoms with Crippen LogP contribution in [0.15, 0.2) is 30.3 Å². The van der Waals surface area contributed by atoms with Crippen LogP contribution in [-0.4, -0.2) is 28.0 Å². The number of anilines is 2. The maximum absolute atomic E-state index is 9.91. The lowest BCUT2D eigenvalue weighted by Gasteiger charge is -2.30. The Bertz CT molecular complexity index is 704. The standard InChI is InChI=1S/C16H21N5O/c17-14-13(11-12-7-3-1-4-8-12)15(19-16(18)21(14)22)20-9-5-2-6-10-20/h1,3-4,7-8,18,22H,2,5-6,9-11,17H2. The molecule has 0 radical (unpaired) electrons. The molecule has 0 aliphatic carbocycles. The minimum Gasteiger partial charge on any atom is -0.423 e. The number of rotatable bonds is 3. The van der Waals surface area contributed by atoms with Crippen molar-refractivity contribution in [3.63, 3.8) is 0 Å². The predicted octanol–water partition coefficient (Wildman–Crippen LogP) is 1.76. The number of piperidine rings is 1. The second-order valence-corrected chi connectivity index (χ2v) is 5.64. The van der Waals surface area contributed by atoms with Crippen molar-refractivity contribution in [2.45, 2.75) is 25.7 Å². The summed E-state index contributed by atoms with van der Waals surface area (Å²) < 4.78 is 0.658. The van der Waals surface area contributed by atoms with E-state index in [0.717, 1.165) is 42.9 Å². The van der Waals surface area contributed by atoms with Crippen molar-refractivity contribution >= 4 is 11.6 Å². The van der Waals surface area contributed by atoms with Crippen LogP contribution in [-0.2, 0) is 6.42 Å². The van der Waals surface area contributed by atoms with Crippen molar-refractivity contribution < 1.29 is 5.21 Å². The molecule has 0 spiro atoms. The van der Waals surface area contributed by atoms with Gasteiger partial charge in [-0.3, -0.25) is 5.41 Å². The Labute approximate surface area is 129 Å². The van der Waals surface area contributed by atoms with Crippen molar-refractivity contribution in [1.29, 1.82) is 5.41 Å². The molecule has 1 aliphatic rings. The third kappa shape index (κ3) is 2.77. The first-order valence-electron chi connectivity index (χ1n) is 7.61. The fourth-order valence-corrected chi connectivity index (χ4v) is 2.91. The van der Waals surface area contributed by atoms with Crippen molar-refractivity contribution in [1.82, 2.24) is 9.71 Å². The Morgan fingerprint density at radius 2 is 1.82 bits per heavy atom. The van der Waals surface area contributed by atoms with Gasteiger partial charge in [-0.25, -0.2) is 0 Å². The highest BCUT2D eigenvalue weighted by atomic mass is 16.5. The Balaban J connectivity index is 2.05. The molecule has 0 bridgehead atoms. The fourth-order valence-electron chi connectivity index (χ4n) is 2.91. The summed E-state index contributed by atoms with van der Waals surface area (Å²) in [6.07, 6.45) is 4.05. The van der Waals surface area contributed by atoms with Crippen molar-refractivity contribution in [3.8, 4) is 0 Å². The van der Waals surface area contributed by atoms with E-state index in [1.54, 1.807) is 0 Å². The number of nitrogens with zero attached hydrogens (tertiary/aromatic N) is 3. The van der Waals surface area contributed by atoms with Gasteiger partial charge in [-0.05, 0) is 24.8 Å². The Morgan fingerprint density at radius 1 is 1.14 bits per heavy atom. The lowest BCUT2D eigenvalue weighted by Crippen LogP contribution is -2.35. The third-order valence-electron chi connectivity index (χ3n) is 4.10. The van der Waals surface area contributed by atoms with Gasteiger partial charge < -0.3 is 15.8 Å². The number of hydrogen-bond acceptors (Lipinski definition) is 5. The molecule has 0 atom stereocenters. The van der Waals surface area contributed by atoms with Gasteiger partial charge in [-0.15, -0.1) is 4.73 Å². The quantitative estimate of drug-likeness (QED) is 0.753. The molecule has 1 saturated heterocycles. The van der Waals surface area contributed by atoms with Crippen LogP contribution in [0.1, 0.15) is 30.4 Å². The van der Waals surface area contributed by atoms with Gasteiger partial charge in [0.15, 0.2) is 5.82 Å². The topological polar surface area (TPSA) is 91.2 Å². The summed E-state index contributed by atoms with van der Waals surface area (Å²) in [5, 5.41) is 17.7. The zero-order chi connectivity index (χ0) is 15.5. The van der Waals surface area contributed by atoms with Crippen LogP contribution >= 0.6 is 0 Å². The first kappa shape index (κ1) is 14.4. The van der Waals surface area contributed by atoms with E-state index in [0.29, 0.717) is 11.2 Å². The van der Waals surface area contributed by atoms with E-state index in [1.807, 2.05) is 30.3 Å². The summed E-state index contributed by atoms with van der Waals surface area (Å²) in [5.74, 6) is 0.931. The highest BCUT2D eigenvalue weighted by molar-refractivity contribution is 5.58. The second kappa shape index (κ2) is 6.09. The average Bonchev–Trinajstić information content (AvgIpc) is 2.57. The van der Waals surface area contributed by atoms with Crippen LogP contribution < -0.4 is 16.3 Å². The second-order valence-electron chi connectivity index (χ2n) is 5.64. The maximum atomic E-state index is 9.91. The molecular weight excluding hydrogens is 278 g/mol. The molecular formula is C16H21N5O. The van der Waals surface area contributed by atoms with Crippen LogP contribution in [0, 0.1) is 5.41 Å². The summed E-state index contributed by atoms with van der Waals surface area (Å²) in [4.78, 5) is 6.46. The smallest absolute Gasteiger partial charge is 0.259 e. The van der Waals surface area contributed by atoms with Gasteiger partial charge in [0, 0.05) is 25.1 Å². The molecule has 1 aromatic heterocycles. The minimum atomic E-state index is -0.227. The van der Waals surface area contributed by atoms with Gasteiger partial charge in [0.1, 0.15) is 5.82 Å². The molecule has 1 aromatic carbocycles. The first-order chi connectivity index (χ1) is 10.7. The predicted molar refractivity (Wildman–Crippen MR) is 85.0 cm³/mol. The first-order valence-corrected chi connectivity index (χ1v) is 7.61. The van der Waals surface area contributed by atoms with Gasteiger partial charge in [0.25, 0.3) is 5.62 Å². The molecule has 2 heterocycles. The molecule has 0 saturated carbocycles. The number of hydrogen-bond donors (Lipinski definition) is 3. The molecule has 3 rings (SSSR count). The molecule has 2 aromatic rings. The van der Waals surface area contributed by atoms with E-state index in [1.165, 1.54) is 6.42 Å². The number of nitrogen functional groups attached to an aromatic ring is 1. The molecule has 0 amide bonds. The monoisotopic (exact) mass is 299 g/mol. The van der Waals surface area contributed by atoms with Gasteiger partial charge in [-0.2, -0.15) is 4.98 Å². The number of benzene rings is 1. The molecule has 6 nitrogen and oxygen atoms in total. The summed E-state index contributed by atoms with van der Waals surface area (Å²) in [6.45, 7) is 1.84. The van der Waals surface area contributed by atoms with Crippen LogP contribution in [0.4, 0.5) is 11.6 Å². The summed E-state index contributed by atoms with van der Waals surface area (Å²) in [5.41, 5.74) is 7.73. The van der Waals surface area contributed by atoms with Crippen LogP contribution in [0.5, 0.6) is 0 Å². The molecule has 1 aliphatic heterocycles. The molecule has 1 fully saturated rings. The lowest BCUT2D eigenvalue weighted by atomic mass is 10.0. The lowest BCUT2D eigenvalue weighted by molar-refractivity contribution is 0.171. The summed E-state index contributed by atoms with van der Waals surface area (Å²) >= 11 is 0. The number of nitrogens with two attached hydrogens (primary N) is 1. The van der Waals surface area contributed by atoms with E-state index in [2.05, 4.69) is 9.88 Å². The van der Waals surface area contributed by atoms with Gasteiger partial charge >= 0.3 is 0 Å². The Kier molecular flexibility index (Phi) is 4.00. The molecule has 6 heteroatoms. The third-order valence-corrected chi connectivity index (χ3v) is 4.10. The van der Waals surface area contributed by atoms with Crippen molar-refractivity contribution in [2.75, 3.05) is 23.7 Å². The highest BCUT2D eigenvalue weighted by Gasteiger charge is 2.20. The van der Waals surface area contributed by atoms with Gasteiger partial charge in [0.2, 0.25) is 0 Å². The Hall–Kier alpha value is -2.50. The molecule has 116 valence electrons. The Morgan fingerprint density at radius 3 is 2.50 bits per heavy atom. The maximum Gasteiger partial charge on any atom is 0.259 e. The van der Waals surface area contributed by atoms with E-state index >= 15 is 0 Å². The zero-order valence-electron chi connectivity index (χ0n) is 12.5. The van der Waals surface area contributed by atoms with E-state index < -0.39 is 0 Å². The van der Waals surface area contributed by atoms with Gasteiger partial charge in [-0.1, -0.05) is 30.3 Å². The molecule has 0 unspecified atom stereocenters. The van der Waals surface area contributed by atoms with Crippen molar-refractivity contribution in [2.24, 2.45) is 0 Å². The number of nitrogens with one attached hydrogen (secondary N) is 1. The molecule has 4 N–H and O–H groups in total. The highest BCUT2D eigenvalue weighted by Crippen LogP contribution is 2.26. The largest absolute Gasteiger partial charge is 0.423 e. The van der Waals surface area contributed by atoms with Gasteiger partial charge in [0.05, 0.1) is 0 Å².